The van der Waals surface area contributed by atoms with Crippen molar-refractivity contribution in [1.29, 1.82) is 0 Å². The fourth-order valence-corrected chi connectivity index (χ4v) is 4.40. The topological polar surface area (TPSA) is 70.8 Å². The highest BCUT2D eigenvalue weighted by molar-refractivity contribution is 7.85. The van der Waals surface area contributed by atoms with Gasteiger partial charge in [0.05, 0.1) is 11.4 Å². The molecule has 0 bridgehead atoms. The molecule has 2 aliphatic heterocycles. The lowest BCUT2D eigenvalue weighted by Crippen LogP contribution is -2.29. The minimum absolute atomic E-state index is 0.0540. The zero-order valence-electron chi connectivity index (χ0n) is 12.1. The van der Waals surface area contributed by atoms with E-state index in [0.29, 0.717) is 25.6 Å². The van der Waals surface area contributed by atoms with Gasteiger partial charge in [-0.25, -0.2) is 0 Å². The van der Waals surface area contributed by atoms with Gasteiger partial charge in [0, 0.05) is 29.2 Å². The Hall–Kier alpha value is -1.11. The molecule has 0 amide bonds. The van der Waals surface area contributed by atoms with Crippen LogP contribution >= 0.6 is 0 Å². The summed E-state index contributed by atoms with van der Waals surface area (Å²) in [5.41, 5.74) is 7.14. The molecular weight excluding hydrogens is 290 g/mol. The van der Waals surface area contributed by atoms with Crippen LogP contribution in [0.4, 0.5) is 0 Å². The minimum atomic E-state index is -0.980. The fourth-order valence-electron chi connectivity index (χ4n) is 2.74. The van der Waals surface area contributed by atoms with Crippen LogP contribution in [0.25, 0.3) is 0 Å². The molecule has 2 heterocycles. The number of nitrogens with two attached hydrogens (primary N) is 1. The first-order valence-corrected chi connectivity index (χ1v) is 8.67. The van der Waals surface area contributed by atoms with E-state index >= 15 is 0 Å². The van der Waals surface area contributed by atoms with Gasteiger partial charge in [0.1, 0.15) is 13.2 Å². The van der Waals surface area contributed by atoms with E-state index in [1.165, 1.54) is 0 Å². The van der Waals surface area contributed by atoms with Crippen LogP contribution in [-0.4, -0.2) is 41.1 Å². The average Bonchev–Trinajstić information content (AvgIpc) is 2.93. The van der Waals surface area contributed by atoms with Gasteiger partial charge in [-0.2, -0.15) is 0 Å². The van der Waals surface area contributed by atoms with Crippen LogP contribution in [0.2, 0.25) is 0 Å². The largest absolute Gasteiger partial charge is 0.486 e. The lowest BCUT2D eigenvalue weighted by atomic mass is 10.1. The van der Waals surface area contributed by atoms with E-state index in [0.717, 1.165) is 23.5 Å². The molecule has 1 saturated heterocycles. The molecule has 0 spiro atoms. The van der Waals surface area contributed by atoms with Crippen LogP contribution in [-0.2, 0) is 15.5 Å². The Bertz CT molecular complexity index is 536. The lowest BCUT2D eigenvalue weighted by Gasteiger charge is -2.21. The maximum Gasteiger partial charge on any atom is 0.161 e. The zero-order chi connectivity index (χ0) is 14.8. The third kappa shape index (κ3) is 3.22. The molecule has 0 saturated carbocycles. The predicted molar refractivity (Wildman–Crippen MR) is 81.2 cm³/mol. The van der Waals surface area contributed by atoms with Gasteiger partial charge in [0.25, 0.3) is 0 Å². The first-order valence-electron chi connectivity index (χ1n) is 7.29. The van der Waals surface area contributed by atoms with Gasteiger partial charge in [0.15, 0.2) is 11.5 Å². The predicted octanol–water partition coefficient (Wildman–Crippen LogP) is 1.38. The molecule has 4 unspecified atom stereocenters. The van der Waals surface area contributed by atoms with Gasteiger partial charge < -0.3 is 19.9 Å². The molecule has 4 atom stereocenters. The number of benzene rings is 1. The number of hydrogen-bond donors (Lipinski definition) is 1. The van der Waals surface area contributed by atoms with Crippen LogP contribution < -0.4 is 15.2 Å². The summed E-state index contributed by atoms with van der Waals surface area (Å²) in [6.45, 7) is 3.79. The van der Waals surface area contributed by atoms with Crippen molar-refractivity contribution in [2.24, 2.45) is 5.73 Å². The molecule has 116 valence electrons. The smallest absolute Gasteiger partial charge is 0.161 e. The van der Waals surface area contributed by atoms with Crippen molar-refractivity contribution in [3.05, 3.63) is 23.8 Å². The summed E-state index contributed by atoms with van der Waals surface area (Å²) >= 11 is 0. The van der Waals surface area contributed by atoms with E-state index in [1.54, 1.807) is 0 Å². The number of rotatable bonds is 4. The van der Waals surface area contributed by atoms with Crippen molar-refractivity contribution in [3.63, 3.8) is 0 Å². The molecule has 0 aromatic heterocycles. The van der Waals surface area contributed by atoms with Crippen molar-refractivity contribution in [1.82, 2.24) is 0 Å². The second-order valence-corrected chi connectivity index (χ2v) is 7.16. The average molecular weight is 311 g/mol. The van der Waals surface area contributed by atoms with Gasteiger partial charge in [0.2, 0.25) is 0 Å². The van der Waals surface area contributed by atoms with Gasteiger partial charge in [-0.15, -0.1) is 0 Å². The molecule has 2 aliphatic rings. The summed E-state index contributed by atoms with van der Waals surface area (Å²) < 4.78 is 29.0. The third-order valence-corrected chi connectivity index (χ3v) is 5.96. The number of ether oxygens (including phenoxy) is 3. The Morgan fingerprint density at radius 1 is 1.29 bits per heavy atom. The molecule has 1 aromatic rings. The van der Waals surface area contributed by atoms with Gasteiger partial charge in [-0.1, -0.05) is 6.07 Å². The van der Waals surface area contributed by atoms with E-state index in [4.69, 9.17) is 19.9 Å². The highest BCUT2D eigenvalue weighted by Crippen LogP contribution is 2.32. The summed E-state index contributed by atoms with van der Waals surface area (Å²) in [4.78, 5) is 0. The van der Waals surface area contributed by atoms with Gasteiger partial charge in [-0.05, 0) is 31.0 Å². The highest BCUT2D eigenvalue weighted by atomic mass is 32.2. The van der Waals surface area contributed by atoms with Crippen LogP contribution in [0.15, 0.2) is 18.2 Å². The van der Waals surface area contributed by atoms with E-state index in [-0.39, 0.29) is 17.4 Å². The molecule has 3 rings (SSSR count). The lowest BCUT2D eigenvalue weighted by molar-refractivity contribution is 0.127. The van der Waals surface area contributed by atoms with Crippen LogP contribution in [0.5, 0.6) is 11.5 Å². The number of fused-ring (bicyclic) bond motifs is 1. The molecule has 2 N–H and O–H groups in total. The van der Waals surface area contributed by atoms with Crippen LogP contribution in [0.1, 0.15) is 24.9 Å². The second kappa shape index (κ2) is 6.34. The summed E-state index contributed by atoms with van der Waals surface area (Å²) in [5.74, 6) is 1.91. The quantitative estimate of drug-likeness (QED) is 0.910. The maximum atomic E-state index is 12.4. The Labute approximate surface area is 127 Å². The SMILES string of the molecule is CC1OCCC1S(=O)CC(N)c1ccc2c(c1)OCCO2. The molecular formula is C15H21NO4S. The highest BCUT2D eigenvalue weighted by Gasteiger charge is 2.30. The van der Waals surface area contributed by atoms with Crippen molar-refractivity contribution >= 4 is 10.8 Å². The van der Waals surface area contributed by atoms with E-state index in [2.05, 4.69) is 0 Å². The maximum absolute atomic E-state index is 12.4. The normalized spacial score (nSPS) is 27.3. The van der Waals surface area contributed by atoms with Crippen molar-refractivity contribution < 1.29 is 18.4 Å². The van der Waals surface area contributed by atoms with Gasteiger partial charge >= 0.3 is 0 Å². The summed E-state index contributed by atoms with van der Waals surface area (Å²) in [6.07, 6.45) is 0.903. The third-order valence-electron chi connectivity index (χ3n) is 3.98. The molecule has 5 nitrogen and oxygen atoms in total. The molecule has 0 radical (unpaired) electrons. The van der Waals surface area contributed by atoms with Crippen molar-refractivity contribution in [2.45, 2.75) is 30.7 Å². The van der Waals surface area contributed by atoms with Crippen LogP contribution in [0, 0.1) is 0 Å². The monoisotopic (exact) mass is 311 g/mol. The Morgan fingerprint density at radius 3 is 2.76 bits per heavy atom. The Kier molecular flexibility index (Phi) is 4.47. The van der Waals surface area contributed by atoms with E-state index in [9.17, 15) is 4.21 Å². The van der Waals surface area contributed by atoms with Crippen LogP contribution in [0.3, 0.4) is 0 Å². The molecule has 1 fully saturated rings. The molecule has 0 aliphatic carbocycles. The molecule has 21 heavy (non-hydrogen) atoms. The Balaban J connectivity index is 1.67. The summed E-state index contributed by atoms with van der Waals surface area (Å²) in [7, 11) is -0.980. The second-order valence-electron chi connectivity index (χ2n) is 5.46. The number of hydrogen-bond acceptors (Lipinski definition) is 5. The van der Waals surface area contributed by atoms with E-state index < -0.39 is 10.8 Å². The minimum Gasteiger partial charge on any atom is -0.486 e. The first kappa shape index (κ1) is 14.8. The Morgan fingerprint density at radius 2 is 2.05 bits per heavy atom. The summed E-state index contributed by atoms with van der Waals surface area (Å²) in [6, 6.07) is 5.41. The van der Waals surface area contributed by atoms with E-state index in [1.807, 2.05) is 25.1 Å². The van der Waals surface area contributed by atoms with Gasteiger partial charge in [-0.3, -0.25) is 4.21 Å². The molecule has 1 aromatic carbocycles. The summed E-state index contributed by atoms with van der Waals surface area (Å²) in [5, 5.41) is 0.0910. The van der Waals surface area contributed by atoms with Crippen molar-refractivity contribution in [3.8, 4) is 11.5 Å². The molecule has 6 heteroatoms. The fraction of sp³-hybridized carbons (Fsp3) is 0.600. The zero-order valence-corrected chi connectivity index (χ0v) is 12.9. The standard InChI is InChI=1S/C15H21NO4S/c1-10-15(4-5-18-10)21(17)9-12(16)11-2-3-13-14(8-11)20-7-6-19-13/h2-3,8,10,12,15H,4-7,9,16H2,1H3. The van der Waals surface area contributed by atoms with Crippen molar-refractivity contribution in [2.75, 3.05) is 25.6 Å². The first-order chi connectivity index (χ1) is 10.1.